The first kappa shape index (κ1) is 49.0. The summed E-state index contributed by atoms with van der Waals surface area (Å²) in [6, 6.07) is -1.12. The minimum absolute atomic E-state index is 0.0134. The van der Waals surface area contributed by atoms with Gasteiger partial charge in [-0.05, 0) is 80.6 Å². The van der Waals surface area contributed by atoms with Crippen molar-refractivity contribution in [2.45, 2.75) is 150 Å². The Bertz CT molecular complexity index is 1170. The first-order chi connectivity index (χ1) is 25.1. The average molecular weight is 757 g/mol. The molecule has 0 saturated carbocycles. The zero-order chi connectivity index (χ0) is 40.2. The number of alkyl carbamates (subject to hydrolysis) is 1. The maximum atomic E-state index is 13.7. The van der Waals surface area contributed by atoms with Gasteiger partial charge in [-0.15, -0.1) is 0 Å². The molecule has 0 bridgehead atoms. The van der Waals surface area contributed by atoms with Crippen LogP contribution in [-0.4, -0.2) is 92.1 Å². The van der Waals surface area contributed by atoms with Gasteiger partial charge in [0.1, 0.15) is 23.2 Å². The fourth-order valence-electron chi connectivity index (χ4n) is 5.29. The molecule has 53 heavy (non-hydrogen) atoms. The Kier molecular flexibility index (Phi) is 26.3. The number of hydrogen-bond acceptors (Lipinski definition) is 13. The first-order valence-electron chi connectivity index (χ1n) is 19.0. The Morgan fingerprint density at radius 2 is 1.09 bits per heavy atom. The van der Waals surface area contributed by atoms with Gasteiger partial charge in [-0.3, -0.25) is 28.8 Å². The molecule has 304 valence electrons. The summed E-state index contributed by atoms with van der Waals surface area (Å²) in [5.74, 6) is -5.44. The van der Waals surface area contributed by atoms with Crippen molar-refractivity contribution in [3.63, 3.8) is 0 Å². The highest BCUT2D eigenvalue weighted by Crippen LogP contribution is 2.23. The number of carbonyl (C=O) groups excluding carboxylic acids is 8. The molecule has 0 fully saturated rings. The summed E-state index contributed by atoms with van der Waals surface area (Å²) < 4.78 is 25.3. The highest BCUT2D eigenvalue weighted by molar-refractivity contribution is 5.91. The second-order valence-corrected chi connectivity index (χ2v) is 13.6. The third-order valence-electron chi connectivity index (χ3n) is 7.87. The number of rotatable bonds is 29. The Morgan fingerprint density at radius 3 is 1.68 bits per heavy atom. The Labute approximate surface area is 314 Å². The van der Waals surface area contributed by atoms with Crippen molar-refractivity contribution in [3.8, 4) is 0 Å². The molecule has 0 heterocycles. The molecule has 0 aromatic heterocycles. The van der Waals surface area contributed by atoms with Crippen LogP contribution >= 0.6 is 0 Å². The van der Waals surface area contributed by atoms with Gasteiger partial charge in [0.25, 0.3) is 0 Å². The predicted octanol–water partition coefficient (Wildman–Crippen LogP) is 5.08. The van der Waals surface area contributed by atoms with Crippen molar-refractivity contribution in [3.05, 3.63) is 0 Å². The predicted molar refractivity (Wildman–Crippen MR) is 194 cm³/mol. The molecule has 0 aliphatic rings. The molecule has 0 aromatic rings. The minimum atomic E-state index is -1.12. The molecule has 15 heteroatoms. The number of unbranched alkanes of at least 4 members (excludes halogenated alkanes) is 4. The highest BCUT2D eigenvalue weighted by Gasteiger charge is 2.31. The van der Waals surface area contributed by atoms with Crippen LogP contribution in [0.25, 0.3) is 0 Å². The molecule has 2 amide bonds. The van der Waals surface area contributed by atoms with Crippen molar-refractivity contribution in [2.24, 2.45) is 11.8 Å². The molecule has 0 aromatic carbocycles. The van der Waals surface area contributed by atoms with Gasteiger partial charge in [0.2, 0.25) is 5.91 Å². The zero-order valence-corrected chi connectivity index (χ0v) is 33.0. The van der Waals surface area contributed by atoms with Crippen LogP contribution in [0.2, 0.25) is 0 Å². The second kappa shape index (κ2) is 28.5. The number of carbonyl (C=O) groups is 8. The van der Waals surface area contributed by atoms with Crippen molar-refractivity contribution in [2.75, 3.05) is 33.0 Å². The third-order valence-corrected chi connectivity index (χ3v) is 7.87. The van der Waals surface area contributed by atoms with Crippen molar-refractivity contribution in [1.29, 1.82) is 0 Å². The van der Waals surface area contributed by atoms with Gasteiger partial charge in [0.15, 0.2) is 0 Å². The topological polar surface area (TPSA) is 207 Å². The first-order valence-corrected chi connectivity index (χ1v) is 19.0. The molecule has 3 unspecified atom stereocenters. The quantitative estimate of drug-likeness (QED) is 0.0581. The minimum Gasteiger partial charge on any atom is -0.466 e. The van der Waals surface area contributed by atoms with Gasteiger partial charge >= 0.3 is 30.0 Å². The van der Waals surface area contributed by atoms with E-state index in [-0.39, 0.29) is 90.0 Å². The largest absolute Gasteiger partial charge is 0.466 e. The van der Waals surface area contributed by atoms with E-state index in [0.717, 1.165) is 25.7 Å². The lowest BCUT2D eigenvalue weighted by molar-refractivity contribution is -0.151. The number of ketones is 2. The summed E-state index contributed by atoms with van der Waals surface area (Å²) >= 11 is 0. The molecule has 0 aliphatic carbocycles. The zero-order valence-electron chi connectivity index (χ0n) is 33.0. The summed E-state index contributed by atoms with van der Waals surface area (Å²) in [5.41, 5.74) is -0.570. The van der Waals surface area contributed by atoms with E-state index in [0.29, 0.717) is 13.0 Å². The summed E-state index contributed by atoms with van der Waals surface area (Å²) in [5, 5.41) is 5.29. The Balaban J connectivity index is 5.50. The maximum absolute atomic E-state index is 13.7. The lowest BCUT2D eigenvalue weighted by atomic mass is 9.85. The van der Waals surface area contributed by atoms with Crippen molar-refractivity contribution in [1.82, 2.24) is 10.6 Å². The molecule has 3 atom stereocenters. The molecule has 15 nitrogen and oxygen atoms in total. The van der Waals surface area contributed by atoms with E-state index in [1.54, 1.807) is 48.5 Å². The molecule has 0 spiro atoms. The molecular weight excluding hydrogens is 692 g/mol. The molecule has 0 rings (SSSR count). The lowest BCUT2D eigenvalue weighted by Gasteiger charge is -2.20. The van der Waals surface area contributed by atoms with Gasteiger partial charge in [-0.1, -0.05) is 19.3 Å². The van der Waals surface area contributed by atoms with E-state index >= 15 is 0 Å². The van der Waals surface area contributed by atoms with Crippen molar-refractivity contribution < 1.29 is 62.0 Å². The molecule has 0 aliphatic heterocycles. The van der Waals surface area contributed by atoms with Crippen LogP contribution in [0.15, 0.2) is 0 Å². The molecule has 0 saturated heterocycles. The number of hydrogen-bond donors (Lipinski definition) is 2. The fourth-order valence-corrected chi connectivity index (χ4v) is 5.29. The third kappa shape index (κ3) is 25.6. The van der Waals surface area contributed by atoms with Gasteiger partial charge in [-0.25, -0.2) is 9.59 Å². The number of esters is 4. The SMILES string of the molecule is CCOC(=O)CCC(CC(=O)C(CCC(=O)NC(CCC(=O)OCC)C(=O)OCC)CC(=O)CCCCCCCNC(=O)OC(C)(C)C)C(=O)OCC. The summed E-state index contributed by atoms with van der Waals surface area (Å²) in [6.45, 7) is 12.9. The van der Waals surface area contributed by atoms with Crippen LogP contribution < -0.4 is 10.6 Å². The Morgan fingerprint density at radius 1 is 0.566 bits per heavy atom. The summed E-state index contributed by atoms with van der Waals surface area (Å²) in [4.78, 5) is 101. The monoisotopic (exact) mass is 756 g/mol. The highest BCUT2D eigenvalue weighted by atomic mass is 16.6. The van der Waals surface area contributed by atoms with E-state index in [1.807, 2.05) is 0 Å². The van der Waals surface area contributed by atoms with Crippen LogP contribution in [0.4, 0.5) is 4.79 Å². The van der Waals surface area contributed by atoms with Crippen molar-refractivity contribution >= 4 is 47.4 Å². The number of Topliss-reactive ketones (excluding diaryl/α,β-unsaturated/α-hetero) is 2. The van der Waals surface area contributed by atoms with Gasteiger partial charge in [0, 0.05) is 51.0 Å². The van der Waals surface area contributed by atoms with Gasteiger partial charge in [-0.2, -0.15) is 0 Å². The summed E-state index contributed by atoms with van der Waals surface area (Å²) in [6.07, 6.45) is 2.57. The molecular formula is C38H64N2O13. The normalized spacial score (nSPS) is 12.7. The smallest absolute Gasteiger partial charge is 0.407 e. The second-order valence-electron chi connectivity index (χ2n) is 13.6. The standard InChI is InChI=1S/C38H64N2O13/c1-8-49-33(44)22-19-28(35(46)51-10-3)26-31(42)27(18-21-32(43)40-30(36(47)52-11-4)20-23-34(45)50-9-2)25-29(41)17-15-13-12-14-16-24-39-37(48)53-38(5,6)7/h27-28,30H,8-26H2,1-7H3,(H,39,48)(H,40,43). The van der Waals surface area contributed by atoms with Crippen LogP contribution in [0.1, 0.15) is 138 Å². The van der Waals surface area contributed by atoms with Crippen LogP contribution in [-0.2, 0) is 57.2 Å². The van der Waals surface area contributed by atoms with Crippen LogP contribution in [0.5, 0.6) is 0 Å². The number of amides is 2. The summed E-state index contributed by atoms with van der Waals surface area (Å²) in [7, 11) is 0. The maximum Gasteiger partial charge on any atom is 0.407 e. The van der Waals surface area contributed by atoms with Crippen LogP contribution in [0, 0.1) is 11.8 Å². The van der Waals surface area contributed by atoms with Gasteiger partial charge in [0.05, 0.1) is 32.3 Å². The van der Waals surface area contributed by atoms with E-state index in [2.05, 4.69) is 10.6 Å². The van der Waals surface area contributed by atoms with Crippen LogP contribution in [0.3, 0.4) is 0 Å². The van der Waals surface area contributed by atoms with Gasteiger partial charge < -0.3 is 34.3 Å². The van der Waals surface area contributed by atoms with E-state index < -0.39 is 65.1 Å². The number of nitrogens with one attached hydrogen (secondary N) is 2. The lowest BCUT2D eigenvalue weighted by Crippen LogP contribution is -2.42. The molecule has 2 N–H and O–H groups in total. The van der Waals surface area contributed by atoms with E-state index in [4.69, 9.17) is 23.7 Å². The fraction of sp³-hybridized carbons (Fsp3) is 0.789. The molecule has 0 radical (unpaired) electrons. The van der Waals surface area contributed by atoms with E-state index in [9.17, 15) is 38.4 Å². The Hall–Kier alpha value is -4.04. The van der Waals surface area contributed by atoms with E-state index in [1.165, 1.54) is 0 Å². The number of ether oxygens (including phenoxy) is 5. The average Bonchev–Trinajstić information content (AvgIpc) is 3.07.